The van der Waals surface area contributed by atoms with Crippen LogP contribution in [0.5, 0.6) is 11.5 Å². The summed E-state index contributed by atoms with van der Waals surface area (Å²) < 4.78 is 12.3. The monoisotopic (exact) mass is 420 g/mol. The van der Waals surface area contributed by atoms with Crippen LogP contribution in [0.15, 0.2) is 36.4 Å². The lowest BCUT2D eigenvalue weighted by Gasteiger charge is -2.31. The van der Waals surface area contributed by atoms with Gasteiger partial charge in [-0.2, -0.15) is 0 Å². The molecule has 2 aromatic rings. The Labute approximate surface area is 189 Å². The summed E-state index contributed by atoms with van der Waals surface area (Å²) >= 11 is 0. The predicted octanol–water partition coefficient (Wildman–Crippen LogP) is 7.40. The third kappa shape index (κ3) is 3.88. The molecule has 2 heteroatoms. The molecule has 2 aliphatic rings. The highest BCUT2D eigenvalue weighted by atomic mass is 16.5. The number of benzene rings is 2. The van der Waals surface area contributed by atoms with Crippen molar-refractivity contribution in [2.75, 3.05) is 13.2 Å². The molecule has 2 aromatic carbocycles. The van der Waals surface area contributed by atoms with Crippen LogP contribution in [0.1, 0.15) is 90.5 Å². The van der Waals surface area contributed by atoms with E-state index in [0.717, 1.165) is 37.6 Å². The molecule has 0 aromatic heterocycles. The van der Waals surface area contributed by atoms with Gasteiger partial charge >= 0.3 is 0 Å². The Morgan fingerprint density at radius 2 is 1.03 bits per heavy atom. The van der Waals surface area contributed by atoms with Crippen molar-refractivity contribution in [2.45, 2.75) is 84.5 Å². The first kappa shape index (κ1) is 22.2. The van der Waals surface area contributed by atoms with Crippen LogP contribution in [0.4, 0.5) is 0 Å². The smallest absolute Gasteiger partial charge is 0.119 e. The van der Waals surface area contributed by atoms with E-state index in [1.54, 1.807) is 0 Å². The molecule has 4 rings (SSSR count). The first-order chi connectivity index (χ1) is 14.4. The molecule has 0 atom stereocenters. The maximum atomic E-state index is 6.17. The van der Waals surface area contributed by atoms with Crippen molar-refractivity contribution >= 4 is 0 Å². The molecule has 0 saturated heterocycles. The first-order valence-corrected chi connectivity index (χ1v) is 12.0. The Bertz CT molecular complexity index is 885. The molecule has 0 radical (unpaired) electrons. The van der Waals surface area contributed by atoms with Gasteiger partial charge in [-0.3, -0.25) is 0 Å². The second-order valence-electron chi connectivity index (χ2n) is 12.0. The lowest BCUT2D eigenvalue weighted by Crippen LogP contribution is -2.27. The Kier molecular flexibility index (Phi) is 5.43. The summed E-state index contributed by atoms with van der Waals surface area (Å²) in [7, 11) is 0. The van der Waals surface area contributed by atoms with Gasteiger partial charge in [0.2, 0.25) is 0 Å². The van der Waals surface area contributed by atoms with Crippen LogP contribution in [-0.4, -0.2) is 13.2 Å². The molecule has 1 spiro atoms. The zero-order chi connectivity index (χ0) is 22.6. The second kappa shape index (κ2) is 7.57. The number of hydrogen-bond acceptors (Lipinski definition) is 2. The molecule has 0 unspecified atom stereocenters. The van der Waals surface area contributed by atoms with Gasteiger partial charge in [-0.1, -0.05) is 67.5 Å². The zero-order valence-corrected chi connectivity index (χ0v) is 20.8. The summed E-state index contributed by atoms with van der Waals surface area (Å²) in [5, 5.41) is 0. The van der Waals surface area contributed by atoms with Gasteiger partial charge in [-0.25, -0.2) is 0 Å². The van der Waals surface area contributed by atoms with Crippen LogP contribution < -0.4 is 9.47 Å². The van der Waals surface area contributed by atoms with Gasteiger partial charge in [0.15, 0.2) is 0 Å². The van der Waals surface area contributed by atoms with E-state index >= 15 is 0 Å². The fraction of sp³-hybridized carbons (Fsp3) is 0.586. The van der Waals surface area contributed by atoms with Crippen LogP contribution in [0.2, 0.25) is 0 Å². The van der Waals surface area contributed by atoms with Gasteiger partial charge in [0.25, 0.3) is 0 Å². The van der Waals surface area contributed by atoms with Gasteiger partial charge in [0, 0.05) is 5.41 Å². The van der Waals surface area contributed by atoms with E-state index < -0.39 is 0 Å². The molecular formula is C29H40O2. The SMILES string of the molecule is CC(C)COc1ccc2c(c1)C1(CC2(C)C)CC(C)(C)c2ccc(OCC(C)C)cc21. The maximum Gasteiger partial charge on any atom is 0.119 e. The lowest BCUT2D eigenvalue weighted by molar-refractivity contribution is 0.269. The van der Waals surface area contributed by atoms with E-state index in [0.29, 0.717) is 11.8 Å². The second-order valence-corrected chi connectivity index (χ2v) is 12.0. The van der Waals surface area contributed by atoms with Crippen LogP contribution in [0.25, 0.3) is 0 Å². The summed E-state index contributed by atoms with van der Waals surface area (Å²) in [6, 6.07) is 13.7. The highest BCUT2D eigenvalue weighted by molar-refractivity contribution is 5.61. The molecular weight excluding hydrogens is 380 g/mol. The highest BCUT2D eigenvalue weighted by Crippen LogP contribution is 2.63. The molecule has 0 fully saturated rings. The van der Waals surface area contributed by atoms with Crippen molar-refractivity contribution < 1.29 is 9.47 Å². The Hall–Kier alpha value is -1.96. The quantitative estimate of drug-likeness (QED) is 0.484. The van der Waals surface area contributed by atoms with Gasteiger partial charge < -0.3 is 9.47 Å². The van der Waals surface area contributed by atoms with Crippen molar-refractivity contribution in [1.82, 2.24) is 0 Å². The van der Waals surface area contributed by atoms with Crippen LogP contribution in [0.3, 0.4) is 0 Å². The van der Waals surface area contributed by atoms with Gasteiger partial charge in [-0.15, -0.1) is 0 Å². The van der Waals surface area contributed by atoms with E-state index in [4.69, 9.17) is 9.47 Å². The van der Waals surface area contributed by atoms with Crippen molar-refractivity contribution in [3.8, 4) is 11.5 Å². The molecule has 2 aliphatic carbocycles. The van der Waals surface area contributed by atoms with Gasteiger partial charge in [0.05, 0.1) is 13.2 Å². The van der Waals surface area contributed by atoms with Crippen molar-refractivity contribution in [2.24, 2.45) is 11.8 Å². The van der Waals surface area contributed by atoms with Crippen molar-refractivity contribution in [3.63, 3.8) is 0 Å². The molecule has 0 heterocycles. The third-order valence-corrected chi connectivity index (χ3v) is 7.13. The third-order valence-electron chi connectivity index (χ3n) is 7.13. The van der Waals surface area contributed by atoms with E-state index in [-0.39, 0.29) is 16.2 Å². The molecule has 168 valence electrons. The molecule has 0 N–H and O–H groups in total. The minimum atomic E-state index is 0.0199. The Morgan fingerprint density at radius 1 is 0.645 bits per heavy atom. The first-order valence-electron chi connectivity index (χ1n) is 12.0. The summed E-state index contributed by atoms with van der Waals surface area (Å²) in [6.45, 7) is 19.9. The minimum absolute atomic E-state index is 0.0199. The summed E-state index contributed by atoms with van der Waals surface area (Å²) in [5.41, 5.74) is 6.17. The predicted molar refractivity (Wildman–Crippen MR) is 130 cm³/mol. The summed E-state index contributed by atoms with van der Waals surface area (Å²) in [4.78, 5) is 0. The standard InChI is InChI=1S/C29H40O2/c1-19(2)15-30-21-9-11-23-25(13-21)29(17-27(23,5)6)18-28(7,8)24-12-10-22(14-26(24)29)31-16-20(3)4/h9-14,19-20H,15-18H2,1-8H3. The van der Waals surface area contributed by atoms with Gasteiger partial charge in [0.1, 0.15) is 11.5 Å². The lowest BCUT2D eigenvalue weighted by atomic mass is 9.72. The Morgan fingerprint density at radius 3 is 1.39 bits per heavy atom. The van der Waals surface area contributed by atoms with E-state index in [9.17, 15) is 0 Å². The Balaban J connectivity index is 1.83. The van der Waals surface area contributed by atoms with Gasteiger partial charge in [-0.05, 0) is 82.0 Å². The van der Waals surface area contributed by atoms with E-state index in [1.165, 1.54) is 22.3 Å². The minimum Gasteiger partial charge on any atom is -0.493 e. The van der Waals surface area contributed by atoms with Crippen molar-refractivity contribution in [3.05, 3.63) is 58.7 Å². The molecule has 0 bridgehead atoms. The van der Waals surface area contributed by atoms with Crippen LogP contribution in [-0.2, 0) is 16.2 Å². The van der Waals surface area contributed by atoms with Crippen LogP contribution in [0, 0.1) is 11.8 Å². The summed E-state index contributed by atoms with van der Waals surface area (Å²) in [5.74, 6) is 3.04. The fourth-order valence-electron chi connectivity index (χ4n) is 6.01. The highest BCUT2D eigenvalue weighted by Gasteiger charge is 2.56. The molecule has 0 amide bonds. The van der Waals surface area contributed by atoms with E-state index in [1.807, 2.05) is 0 Å². The topological polar surface area (TPSA) is 18.5 Å². The largest absolute Gasteiger partial charge is 0.493 e. The fourth-order valence-corrected chi connectivity index (χ4v) is 6.01. The van der Waals surface area contributed by atoms with Crippen LogP contribution >= 0.6 is 0 Å². The molecule has 2 nitrogen and oxygen atoms in total. The van der Waals surface area contributed by atoms with Crippen molar-refractivity contribution in [1.29, 1.82) is 0 Å². The summed E-state index contributed by atoms with van der Waals surface area (Å²) in [6.07, 6.45) is 2.26. The number of hydrogen-bond donors (Lipinski definition) is 0. The number of fused-ring (bicyclic) bond motifs is 4. The molecule has 0 saturated carbocycles. The normalized spacial score (nSPS) is 19.7. The van der Waals surface area contributed by atoms with E-state index in [2.05, 4.69) is 91.8 Å². The molecule has 31 heavy (non-hydrogen) atoms. The number of ether oxygens (including phenoxy) is 2. The zero-order valence-electron chi connectivity index (χ0n) is 20.8. The average molecular weight is 421 g/mol. The molecule has 0 aliphatic heterocycles. The number of rotatable bonds is 6. The average Bonchev–Trinajstić information content (AvgIpc) is 3.04. The maximum absolute atomic E-state index is 6.17.